The van der Waals surface area contributed by atoms with Crippen molar-refractivity contribution in [1.29, 1.82) is 0 Å². The minimum atomic E-state index is 0.207. The van der Waals surface area contributed by atoms with E-state index in [2.05, 4.69) is 4.98 Å². The monoisotopic (exact) mass is 294 g/mol. The van der Waals surface area contributed by atoms with E-state index in [4.69, 9.17) is 14.9 Å². The van der Waals surface area contributed by atoms with Crippen molar-refractivity contribution >= 4 is 11.1 Å². The van der Waals surface area contributed by atoms with E-state index < -0.39 is 0 Å². The highest BCUT2D eigenvalue weighted by Gasteiger charge is 2.27. The van der Waals surface area contributed by atoms with Crippen LogP contribution in [0.3, 0.4) is 0 Å². The third kappa shape index (κ3) is 2.51. The summed E-state index contributed by atoms with van der Waals surface area (Å²) in [6.07, 6.45) is 2.36. The number of nitrogens with two attached hydrogens (primary N) is 1. The molecule has 1 aliphatic carbocycles. The van der Waals surface area contributed by atoms with Gasteiger partial charge < -0.3 is 14.9 Å². The second-order valence-corrected chi connectivity index (χ2v) is 5.77. The summed E-state index contributed by atoms with van der Waals surface area (Å²) in [5, 5.41) is 0. The molecule has 2 aromatic carbocycles. The summed E-state index contributed by atoms with van der Waals surface area (Å²) in [4.78, 5) is 4.50. The van der Waals surface area contributed by atoms with Crippen molar-refractivity contribution < 1.29 is 9.15 Å². The lowest BCUT2D eigenvalue weighted by atomic mass is 9.90. The molecule has 3 aromatic rings. The van der Waals surface area contributed by atoms with Gasteiger partial charge in [0.25, 0.3) is 0 Å². The number of ether oxygens (including phenoxy) is 1. The summed E-state index contributed by atoms with van der Waals surface area (Å²) in [6.45, 7) is 0.603. The molecule has 22 heavy (non-hydrogen) atoms. The average molecular weight is 294 g/mol. The van der Waals surface area contributed by atoms with Gasteiger partial charge in [-0.25, -0.2) is 4.98 Å². The Bertz CT molecular complexity index is 746. The quantitative estimate of drug-likeness (QED) is 0.800. The Morgan fingerprint density at radius 3 is 2.59 bits per heavy atom. The molecule has 0 aliphatic heterocycles. The second-order valence-electron chi connectivity index (χ2n) is 5.77. The molecule has 4 rings (SSSR count). The van der Waals surface area contributed by atoms with Crippen molar-refractivity contribution in [1.82, 2.24) is 4.98 Å². The number of fused-ring (bicyclic) bond motifs is 1. The third-order valence-corrected chi connectivity index (χ3v) is 4.22. The van der Waals surface area contributed by atoms with Crippen molar-refractivity contribution in [2.45, 2.75) is 31.6 Å². The van der Waals surface area contributed by atoms with Crippen LogP contribution in [0.25, 0.3) is 22.6 Å². The lowest BCUT2D eigenvalue weighted by molar-refractivity contribution is -0.0245. The van der Waals surface area contributed by atoms with E-state index in [1.807, 2.05) is 48.5 Å². The highest BCUT2D eigenvalue weighted by Crippen LogP contribution is 2.25. The van der Waals surface area contributed by atoms with E-state index in [0.717, 1.165) is 35.1 Å². The summed E-state index contributed by atoms with van der Waals surface area (Å²) in [5.41, 5.74) is 9.68. The maximum absolute atomic E-state index is 5.88. The second kappa shape index (κ2) is 5.55. The predicted molar refractivity (Wildman–Crippen MR) is 85.2 cm³/mol. The van der Waals surface area contributed by atoms with Crippen molar-refractivity contribution in [2.24, 2.45) is 5.73 Å². The summed E-state index contributed by atoms with van der Waals surface area (Å²) < 4.78 is 11.6. The van der Waals surface area contributed by atoms with Gasteiger partial charge in [0.1, 0.15) is 5.52 Å². The fourth-order valence-corrected chi connectivity index (χ4v) is 2.64. The number of oxazole rings is 1. The fourth-order valence-electron chi connectivity index (χ4n) is 2.64. The third-order valence-electron chi connectivity index (χ3n) is 4.22. The van der Waals surface area contributed by atoms with Gasteiger partial charge in [0, 0.05) is 11.6 Å². The molecule has 1 aromatic heterocycles. The zero-order valence-electron chi connectivity index (χ0n) is 12.2. The van der Waals surface area contributed by atoms with Gasteiger partial charge in [0.2, 0.25) is 5.89 Å². The maximum atomic E-state index is 5.88. The maximum Gasteiger partial charge on any atom is 0.227 e. The van der Waals surface area contributed by atoms with Crippen molar-refractivity contribution in [2.75, 3.05) is 0 Å². The van der Waals surface area contributed by atoms with E-state index in [-0.39, 0.29) is 12.1 Å². The highest BCUT2D eigenvalue weighted by molar-refractivity contribution is 5.75. The van der Waals surface area contributed by atoms with Crippen molar-refractivity contribution in [3.8, 4) is 11.5 Å². The van der Waals surface area contributed by atoms with E-state index in [0.29, 0.717) is 12.5 Å². The number of benzene rings is 2. The number of rotatable bonds is 4. The smallest absolute Gasteiger partial charge is 0.227 e. The first-order valence-electron chi connectivity index (χ1n) is 7.62. The lowest BCUT2D eigenvalue weighted by Crippen LogP contribution is -2.45. The van der Waals surface area contributed by atoms with E-state index in [1.165, 1.54) is 0 Å². The molecule has 1 aliphatic rings. The van der Waals surface area contributed by atoms with Crippen LogP contribution in [0.5, 0.6) is 0 Å². The van der Waals surface area contributed by atoms with E-state index in [1.54, 1.807) is 0 Å². The van der Waals surface area contributed by atoms with Gasteiger partial charge in [0.15, 0.2) is 5.58 Å². The Kier molecular flexibility index (Phi) is 3.41. The first kappa shape index (κ1) is 13.5. The van der Waals surface area contributed by atoms with Crippen molar-refractivity contribution in [3.63, 3.8) is 0 Å². The summed E-state index contributed by atoms with van der Waals surface area (Å²) in [6, 6.07) is 16.1. The molecule has 4 nitrogen and oxygen atoms in total. The van der Waals surface area contributed by atoms with Crippen LogP contribution in [-0.2, 0) is 11.3 Å². The molecule has 0 radical (unpaired) electrons. The van der Waals surface area contributed by atoms with Crippen LogP contribution in [0.4, 0.5) is 0 Å². The van der Waals surface area contributed by atoms with Crippen LogP contribution >= 0.6 is 0 Å². The zero-order chi connectivity index (χ0) is 14.9. The molecule has 1 saturated carbocycles. The molecule has 1 heterocycles. The predicted octanol–water partition coefficient (Wildman–Crippen LogP) is 3.50. The molecule has 0 saturated heterocycles. The zero-order valence-corrected chi connectivity index (χ0v) is 12.2. The summed E-state index contributed by atoms with van der Waals surface area (Å²) in [7, 11) is 0. The fraction of sp³-hybridized carbons (Fsp3) is 0.278. The van der Waals surface area contributed by atoms with E-state index >= 15 is 0 Å². The molecular weight excluding hydrogens is 276 g/mol. The average Bonchev–Trinajstić information content (AvgIpc) is 2.98. The molecule has 0 spiro atoms. The van der Waals surface area contributed by atoms with Gasteiger partial charge in [-0.2, -0.15) is 0 Å². The molecule has 2 atom stereocenters. The Balaban J connectivity index is 1.48. The standard InChI is InChI=1S/C18H18N2O2/c19-14-9-10-16(14)21-11-12-5-7-13(8-6-12)18-20-15-3-1-2-4-17(15)22-18/h1-8,14,16H,9-11,19H2/t14-,16+/m1/s1. The molecule has 0 unspecified atom stereocenters. The van der Waals surface area contributed by atoms with Crippen LogP contribution in [0.15, 0.2) is 52.9 Å². The van der Waals surface area contributed by atoms with Crippen molar-refractivity contribution in [3.05, 3.63) is 54.1 Å². The Morgan fingerprint density at radius 2 is 1.91 bits per heavy atom. The Hall–Kier alpha value is -2.17. The molecule has 0 amide bonds. The minimum absolute atomic E-state index is 0.207. The molecule has 112 valence electrons. The molecule has 0 bridgehead atoms. The summed E-state index contributed by atoms with van der Waals surface area (Å²) >= 11 is 0. The van der Waals surface area contributed by atoms with E-state index in [9.17, 15) is 0 Å². The largest absolute Gasteiger partial charge is 0.436 e. The van der Waals surface area contributed by atoms with Crippen LogP contribution in [0.2, 0.25) is 0 Å². The van der Waals surface area contributed by atoms with Crippen LogP contribution in [0, 0.1) is 0 Å². The van der Waals surface area contributed by atoms with Gasteiger partial charge in [-0.3, -0.25) is 0 Å². The number of nitrogens with zero attached hydrogens (tertiary/aromatic N) is 1. The molecule has 1 fully saturated rings. The number of hydrogen-bond donors (Lipinski definition) is 1. The van der Waals surface area contributed by atoms with Gasteiger partial charge in [-0.15, -0.1) is 0 Å². The molecule has 4 heteroatoms. The van der Waals surface area contributed by atoms with Gasteiger partial charge >= 0.3 is 0 Å². The molecular formula is C18H18N2O2. The number of hydrogen-bond acceptors (Lipinski definition) is 4. The van der Waals surface area contributed by atoms with Crippen LogP contribution in [0.1, 0.15) is 18.4 Å². The Labute approximate surface area is 128 Å². The first-order chi connectivity index (χ1) is 10.8. The molecule has 2 N–H and O–H groups in total. The highest BCUT2D eigenvalue weighted by atomic mass is 16.5. The van der Waals surface area contributed by atoms with Crippen LogP contribution < -0.4 is 5.73 Å². The Morgan fingerprint density at radius 1 is 1.09 bits per heavy atom. The van der Waals surface area contributed by atoms with Gasteiger partial charge in [-0.1, -0.05) is 24.3 Å². The minimum Gasteiger partial charge on any atom is -0.436 e. The summed E-state index contributed by atoms with van der Waals surface area (Å²) in [5.74, 6) is 0.648. The number of aromatic nitrogens is 1. The van der Waals surface area contributed by atoms with Gasteiger partial charge in [-0.05, 0) is 42.7 Å². The first-order valence-corrected chi connectivity index (χ1v) is 7.62. The topological polar surface area (TPSA) is 61.3 Å². The lowest BCUT2D eigenvalue weighted by Gasteiger charge is -2.33. The normalized spacial score (nSPS) is 21.0. The number of para-hydroxylation sites is 2. The van der Waals surface area contributed by atoms with Gasteiger partial charge in [0.05, 0.1) is 12.7 Å². The van der Waals surface area contributed by atoms with Crippen LogP contribution in [-0.4, -0.2) is 17.1 Å². The SMILES string of the molecule is N[C@@H]1CC[C@@H]1OCc1ccc(-c2nc3ccccc3o2)cc1.